The number of aryl methyl sites for hydroxylation is 1. The molecular weight excluding hydrogens is 240 g/mol. The van der Waals surface area contributed by atoms with E-state index in [0.717, 1.165) is 41.5 Å². The summed E-state index contributed by atoms with van der Waals surface area (Å²) in [5.74, 6) is 0.830. The van der Waals surface area contributed by atoms with Crippen molar-refractivity contribution in [2.45, 2.75) is 24.8 Å². The fourth-order valence-corrected chi connectivity index (χ4v) is 2.95. The minimum Gasteiger partial charge on any atom is -0.496 e. The van der Waals surface area contributed by atoms with E-state index < -0.39 is 5.54 Å². The average molecular weight is 256 g/mol. The molecule has 0 atom stereocenters. The summed E-state index contributed by atoms with van der Waals surface area (Å²) in [5.41, 5.74) is 1.70. The third-order valence-electron chi connectivity index (χ3n) is 4.16. The number of hydrogen-bond acceptors (Lipinski definition) is 3. The van der Waals surface area contributed by atoms with Crippen molar-refractivity contribution in [3.05, 3.63) is 30.0 Å². The molecule has 2 aromatic rings. The van der Waals surface area contributed by atoms with E-state index in [1.165, 1.54) is 0 Å². The molecule has 0 spiro atoms. The Kier molecular flexibility index (Phi) is 2.68. The molecule has 0 amide bonds. The van der Waals surface area contributed by atoms with Crippen LogP contribution in [0.15, 0.2) is 29.4 Å². The molecule has 1 fully saturated rings. The van der Waals surface area contributed by atoms with Crippen molar-refractivity contribution in [3.63, 3.8) is 0 Å². The molecule has 1 aromatic carbocycles. The summed E-state index contributed by atoms with van der Waals surface area (Å²) in [7, 11) is 3.67. The lowest BCUT2D eigenvalue weighted by Gasteiger charge is -2.38. The maximum Gasteiger partial charge on any atom is 0.235 e. The molecule has 1 saturated carbocycles. The highest BCUT2D eigenvalue weighted by molar-refractivity contribution is 5.88. The van der Waals surface area contributed by atoms with Gasteiger partial charge >= 0.3 is 0 Å². The normalized spacial score (nSPS) is 16.7. The van der Waals surface area contributed by atoms with Gasteiger partial charge in [-0.1, -0.05) is 6.07 Å². The number of nitrogens with zero attached hydrogens (tertiary/aromatic N) is 2. The van der Waals surface area contributed by atoms with Crippen molar-refractivity contribution in [2.24, 2.45) is 12.0 Å². The third-order valence-corrected chi connectivity index (χ3v) is 4.16. The van der Waals surface area contributed by atoms with Gasteiger partial charge in [-0.05, 0) is 31.4 Å². The van der Waals surface area contributed by atoms with Gasteiger partial charge in [0.05, 0.1) is 12.6 Å². The van der Waals surface area contributed by atoms with Crippen molar-refractivity contribution in [1.82, 2.24) is 4.57 Å². The largest absolute Gasteiger partial charge is 0.496 e. The van der Waals surface area contributed by atoms with E-state index in [9.17, 15) is 4.79 Å². The second-order valence-corrected chi connectivity index (χ2v) is 5.09. The Morgan fingerprint density at radius 1 is 1.37 bits per heavy atom. The average Bonchev–Trinajstić information content (AvgIpc) is 2.75. The highest BCUT2D eigenvalue weighted by atomic mass is 16.5. The number of ether oxygens (including phenoxy) is 1. The van der Waals surface area contributed by atoms with Crippen LogP contribution in [0.4, 0.5) is 0 Å². The predicted molar refractivity (Wildman–Crippen MR) is 73.1 cm³/mol. The van der Waals surface area contributed by atoms with Crippen molar-refractivity contribution < 1.29 is 9.53 Å². The highest BCUT2D eigenvalue weighted by Gasteiger charge is 2.41. The van der Waals surface area contributed by atoms with Gasteiger partial charge in [0.25, 0.3) is 0 Å². The number of rotatable bonds is 3. The number of aromatic nitrogens is 1. The molecule has 0 aliphatic heterocycles. The molecule has 1 aliphatic carbocycles. The molecule has 0 bridgehead atoms. The Bertz CT molecular complexity index is 677. The molecule has 0 radical (unpaired) electrons. The molecule has 1 heterocycles. The fourth-order valence-electron chi connectivity index (χ4n) is 2.95. The molecule has 1 aliphatic rings. The number of isocyanates is 1. The molecule has 3 rings (SSSR count). The van der Waals surface area contributed by atoms with Gasteiger partial charge < -0.3 is 9.30 Å². The number of aliphatic imine (C=N–C) groups is 1. The second-order valence-electron chi connectivity index (χ2n) is 5.09. The fraction of sp³-hybridized carbons (Fsp3) is 0.400. The second kappa shape index (κ2) is 4.25. The maximum atomic E-state index is 10.7. The van der Waals surface area contributed by atoms with Gasteiger partial charge in [0.1, 0.15) is 11.3 Å². The summed E-state index contributed by atoms with van der Waals surface area (Å²) in [4.78, 5) is 14.8. The smallest absolute Gasteiger partial charge is 0.235 e. The van der Waals surface area contributed by atoms with E-state index in [1.807, 2.05) is 25.4 Å². The van der Waals surface area contributed by atoms with Crippen molar-refractivity contribution >= 4 is 17.0 Å². The molecule has 4 nitrogen and oxygen atoms in total. The van der Waals surface area contributed by atoms with Crippen LogP contribution in [-0.2, 0) is 17.4 Å². The van der Waals surface area contributed by atoms with E-state index in [2.05, 4.69) is 15.6 Å². The minimum atomic E-state index is -0.420. The topological polar surface area (TPSA) is 43.6 Å². The summed E-state index contributed by atoms with van der Waals surface area (Å²) in [6.07, 6.45) is 6.59. The summed E-state index contributed by atoms with van der Waals surface area (Å²) in [5, 5.41) is 1.06. The summed E-state index contributed by atoms with van der Waals surface area (Å²) in [6, 6.07) is 6.13. The van der Waals surface area contributed by atoms with Gasteiger partial charge in [0.15, 0.2) is 0 Å². The van der Waals surface area contributed by atoms with Crippen LogP contribution in [0.2, 0.25) is 0 Å². The minimum absolute atomic E-state index is 0.420. The monoisotopic (exact) mass is 256 g/mol. The quantitative estimate of drug-likeness (QED) is 0.626. The lowest BCUT2D eigenvalue weighted by atomic mass is 9.72. The Morgan fingerprint density at radius 3 is 2.74 bits per heavy atom. The Morgan fingerprint density at radius 2 is 2.16 bits per heavy atom. The number of carbonyl (C=O) groups excluding carboxylic acids is 1. The zero-order valence-corrected chi connectivity index (χ0v) is 11.1. The van der Waals surface area contributed by atoms with Gasteiger partial charge in [-0.25, -0.2) is 4.79 Å². The molecule has 1 aromatic heterocycles. The predicted octanol–water partition coefficient (Wildman–Crippen LogP) is 2.90. The first-order valence-electron chi connectivity index (χ1n) is 6.43. The highest BCUT2D eigenvalue weighted by Crippen LogP contribution is 2.49. The molecule has 0 N–H and O–H groups in total. The first-order chi connectivity index (χ1) is 9.22. The van der Waals surface area contributed by atoms with E-state index in [-0.39, 0.29) is 0 Å². The van der Waals surface area contributed by atoms with Crippen LogP contribution in [-0.4, -0.2) is 17.8 Å². The first-order valence-corrected chi connectivity index (χ1v) is 6.43. The molecule has 0 unspecified atom stereocenters. The van der Waals surface area contributed by atoms with Crippen LogP contribution in [0.25, 0.3) is 10.9 Å². The molecule has 98 valence electrons. The Hall–Kier alpha value is -2.06. The van der Waals surface area contributed by atoms with Gasteiger partial charge in [-0.3, -0.25) is 0 Å². The Labute approximate surface area is 111 Å². The van der Waals surface area contributed by atoms with Crippen LogP contribution in [0.5, 0.6) is 5.75 Å². The molecule has 19 heavy (non-hydrogen) atoms. The van der Waals surface area contributed by atoms with Crippen LogP contribution in [0.3, 0.4) is 0 Å². The van der Waals surface area contributed by atoms with E-state index in [1.54, 1.807) is 13.2 Å². The molecule has 0 saturated heterocycles. The lowest BCUT2D eigenvalue weighted by Crippen LogP contribution is -2.32. The van der Waals surface area contributed by atoms with Crippen LogP contribution < -0.4 is 4.74 Å². The van der Waals surface area contributed by atoms with Crippen molar-refractivity contribution in [1.29, 1.82) is 0 Å². The van der Waals surface area contributed by atoms with Crippen molar-refractivity contribution in [2.75, 3.05) is 7.11 Å². The lowest BCUT2D eigenvalue weighted by molar-refractivity contribution is 0.247. The SMILES string of the molecule is COc1c(C2(N=C=O)CCC2)ccc2c1ccn2C. The molecule has 4 heteroatoms. The van der Waals surface area contributed by atoms with Crippen LogP contribution in [0, 0.1) is 0 Å². The zero-order valence-electron chi connectivity index (χ0n) is 11.1. The summed E-state index contributed by atoms with van der Waals surface area (Å²) in [6.45, 7) is 0. The number of benzene rings is 1. The number of fused-ring (bicyclic) bond motifs is 1. The Balaban J connectivity index is 2.26. The number of hydrogen-bond donors (Lipinski definition) is 0. The van der Waals surface area contributed by atoms with Crippen LogP contribution >= 0.6 is 0 Å². The van der Waals surface area contributed by atoms with Gasteiger partial charge in [0.2, 0.25) is 6.08 Å². The maximum absolute atomic E-state index is 10.7. The zero-order chi connectivity index (χ0) is 13.5. The van der Waals surface area contributed by atoms with Gasteiger partial charge in [-0.2, -0.15) is 4.99 Å². The van der Waals surface area contributed by atoms with E-state index in [4.69, 9.17) is 4.74 Å². The first kappa shape index (κ1) is 12.0. The standard InChI is InChI=1S/C15H16N2O2/c1-17-9-6-11-13(17)5-4-12(14(11)19-2)15(16-10-18)7-3-8-15/h4-6,9H,3,7-8H2,1-2H3. The molecular formula is C15H16N2O2. The van der Waals surface area contributed by atoms with E-state index in [0.29, 0.717) is 0 Å². The summed E-state index contributed by atoms with van der Waals surface area (Å²) >= 11 is 0. The van der Waals surface area contributed by atoms with Crippen LogP contribution in [0.1, 0.15) is 24.8 Å². The van der Waals surface area contributed by atoms with Gasteiger partial charge in [0, 0.05) is 24.2 Å². The van der Waals surface area contributed by atoms with E-state index >= 15 is 0 Å². The van der Waals surface area contributed by atoms with Crippen molar-refractivity contribution in [3.8, 4) is 5.75 Å². The van der Waals surface area contributed by atoms with Gasteiger partial charge in [-0.15, -0.1) is 0 Å². The number of methoxy groups -OCH3 is 1. The summed E-state index contributed by atoms with van der Waals surface area (Å²) < 4.78 is 7.65. The third kappa shape index (κ3) is 1.60.